The number of rotatable bonds is 6. The highest BCUT2D eigenvalue weighted by Gasteiger charge is 2.28. The number of ether oxygens (including phenoxy) is 1. The highest BCUT2D eigenvalue weighted by molar-refractivity contribution is 5.83. The molecule has 1 fully saturated rings. The average molecular weight is 433 g/mol. The number of hydrogen-bond donors (Lipinski definition) is 1. The minimum Gasteiger partial charge on any atom is -0.481 e. The minimum atomic E-state index is -0.515. The fraction of sp³-hybridized carbons (Fsp3) is 0.240. The molecule has 0 unspecified atom stereocenters. The summed E-state index contributed by atoms with van der Waals surface area (Å²) in [5.41, 5.74) is 3.08. The van der Waals surface area contributed by atoms with Crippen LogP contribution in [0.2, 0.25) is 0 Å². The SMILES string of the molecule is O=C1NCCN(C(=O)COc2ccccc2F)C[C@H]1Cc1ccccc1-c1ccncc1. The summed E-state index contributed by atoms with van der Waals surface area (Å²) in [6.07, 6.45) is 3.96. The van der Waals surface area contributed by atoms with E-state index in [1.165, 1.54) is 12.1 Å². The van der Waals surface area contributed by atoms with Gasteiger partial charge in [0.2, 0.25) is 5.91 Å². The van der Waals surface area contributed by atoms with E-state index in [0.717, 1.165) is 16.7 Å². The van der Waals surface area contributed by atoms with E-state index in [1.807, 2.05) is 36.4 Å². The summed E-state index contributed by atoms with van der Waals surface area (Å²) < 4.78 is 19.1. The Morgan fingerprint density at radius 1 is 1.09 bits per heavy atom. The van der Waals surface area contributed by atoms with E-state index in [2.05, 4.69) is 10.3 Å². The van der Waals surface area contributed by atoms with Crippen LogP contribution in [0.1, 0.15) is 5.56 Å². The molecule has 0 saturated carbocycles. The predicted octanol–water partition coefficient (Wildman–Crippen LogP) is 3.08. The Hall–Kier alpha value is -3.74. The third-order valence-corrected chi connectivity index (χ3v) is 5.51. The van der Waals surface area contributed by atoms with Crippen LogP contribution in [0.15, 0.2) is 73.1 Å². The summed E-state index contributed by atoms with van der Waals surface area (Å²) in [6.45, 7) is 0.742. The first-order valence-corrected chi connectivity index (χ1v) is 10.5. The Morgan fingerprint density at radius 2 is 1.84 bits per heavy atom. The van der Waals surface area contributed by atoms with E-state index < -0.39 is 11.7 Å². The smallest absolute Gasteiger partial charge is 0.260 e. The molecule has 1 atom stereocenters. The highest BCUT2D eigenvalue weighted by atomic mass is 19.1. The normalized spacial score (nSPS) is 16.2. The molecule has 0 radical (unpaired) electrons. The molecule has 1 aliphatic heterocycles. The van der Waals surface area contributed by atoms with Crippen molar-refractivity contribution in [3.05, 3.63) is 84.4 Å². The van der Waals surface area contributed by atoms with Gasteiger partial charge in [-0.15, -0.1) is 0 Å². The van der Waals surface area contributed by atoms with E-state index in [9.17, 15) is 14.0 Å². The van der Waals surface area contributed by atoms with Crippen molar-refractivity contribution in [3.63, 3.8) is 0 Å². The van der Waals surface area contributed by atoms with Gasteiger partial charge in [0.05, 0.1) is 5.92 Å². The standard InChI is InChI=1S/C25H24FN3O3/c26-22-7-3-4-8-23(22)32-17-24(30)29-14-13-28-25(31)20(16-29)15-19-5-1-2-6-21(19)18-9-11-27-12-10-18/h1-12,20H,13-17H2,(H,28,31)/t20-/m1/s1. The van der Waals surface area contributed by atoms with Crippen molar-refractivity contribution >= 4 is 11.8 Å². The zero-order valence-corrected chi connectivity index (χ0v) is 17.5. The van der Waals surface area contributed by atoms with Crippen molar-refractivity contribution in [1.82, 2.24) is 15.2 Å². The molecule has 1 aromatic heterocycles. The van der Waals surface area contributed by atoms with Crippen molar-refractivity contribution < 1.29 is 18.7 Å². The molecule has 1 N–H and O–H groups in total. The quantitative estimate of drug-likeness (QED) is 0.649. The molecular weight excluding hydrogens is 409 g/mol. The first kappa shape index (κ1) is 21.5. The first-order chi connectivity index (χ1) is 15.6. The van der Waals surface area contributed by atoms with Crippen LogP contribution in [-0.4, -0.2) is 47.9 Å². The summed E-state index contributed by atoms with van der Waals surface area (Å²) in [6, 6.07) is 17.8. The molecule has 0 bridgehead atoms. The molecule has 4 rings (SSSR count). The van der Waals surface area contributed by atoms with Crippen LogP contribution in [0.3, 0.4) is 0 Å². The van der Waals surface area contributed by atoms with Gasteiger partial charge in [-0.2, -0.15) is 0 Å². The second-order valence-corrected chi connectivity index (χ2v) is 7.64. The lowest BCUT2D eigenvalue weighted by atomic mass is 9.92. The lowest BCUT2D eigenvalue weighted by molar-refractivity contribution is -0.134. The molecule has 1 saturated heterocycles. The summed E-state index contributed by atoms with van der Waals surface area (Å²) >= 11 is 0. The predicted molar refractivity (Wildman–Crippen MR) is 118 cm³/mol. The van der Waals surface area contributed by atoms with Crippen LogP contribution in [0.25, 0.3) is 11.1 Å². The van der Waals surface area contributed by atoms with Crippen LogP contribution in [0, 0.1) is 11.7 Å². The Labute approximate surface area is 186 Å². The maximum atomic E-state index is 13.8. The molecule has 1 aliphatic rings. The van der Waals surface area contributed by atoms with Gasteiger partial charge in [-0.05, 0) is 47.4 Å². The van der Waals surface area contributed by atoms with Gasteiger partial charge in [-0.3, -0.25) is 14.6 Å². The molecule has 2 amide bonds. The van der Waals surface area contributed by atoms with E-state index in [4.69, 9.17) is 4.74 Å². The first-order valence-electron chi connectivity index (χ1n) is 10.5. The van der Waals surface area contributed by atoms with Gasteiger partial charge in [-0.1, -0.05) is 36.4 Å². The maximum absolute atomic E-state index is 13.8. The fourth-order valence-corrected chi connectivity index (χ4v) is 3.85. The van der Waals surface area contributed by atoms with Gasteiger partial charge >= 0.3 is 0 Å². The number of halogens is 1. The number of carbonyl (C=O) groups excluding carboxylic acids is 2. The number of carbonyl (C=O) groups is 2. The van der Waals surface area contributed by atoms with E-state index >= 15 is 0 Å². The number of hydrogen-bond acceptors (Lipinski definition) is 4. The Balaban J connectivity index is 1.47. The number of benzene rings is 2. The number of pyridine rings is 1. The molecular formula is C25H24FN3O3. The molecule has 2 heterocycles. The summed E-state index contributed by atoms with van der Waals surface area (Å²) in [5.74, 6) is -1.25. The summed E-state index contributed by atoms with van der Waals surface area (Å²) in [5, 5.41) is 2.90. The van der Waals surface area contributed by atoms with E-state index in [1.54, 1.807) is 29.4 Å². The van der Waals surface area contributed by atoms with Gasteiger partial charge < -0.3 is 15.0 Å². The zero-order chi connectivity index (χ0) is 22.3. The van der Waals surface area contributed by atoms with Crippen molar-refractivity contribution in [3.8, 4) is 16.9 Å². The van der Waals surface area contributed by atoms with Crippen LogP contribution >= 0.6 is 0 Å². The van der Waals surface area contributed by atoms with Crippen molar-refractivity contribution in [2.24, 2.45) is 5.92 Å². The number of aromatic nitrogens is 1. The largest absolute Gasteiger partial charge is 0.481 e. The molecule has 2 aromatic carbocycles. The number of amides is 2. The van der Waals surface area contributed by atoms with Crippen LogP contribution in [-0.2, 0) is 16.0 Å². The van der Waals surface area contributed by atoms with E-state index in [0.29, 0.717) is 19.5 Å². The number of para-hydroxylation sites is 1. The van der Waals surface area contributed by atoms with Crippen LogP contribution in [0.5, 0.6) is 5.75 Å². The lowest BCUT2D eigenvalue weighted by Gasteiger charge is -2.24. The second-order valence-electron chi connectivity index (χ2n) is 7.64. The Bertz CT molecular complexity index is 1090. The molecule has 3 aromatic rings. The maximum Gasteiger partial charge on any atom is 0.260 e. The third-order valence-electron chi connectivity index (χ3n) is 5.51. The topological polar surface area (TPSA) is 71.5 Å². The van der Waals surface area contributed by atoms with Gasteiger partial charge in [0.25, 0.3) is 5.91 Å². The minimum absolute atomic E-state index is 0.0349. The number of nitrogens with zero attached hydrogens (tertiary/aromatic N) is 2. The summed E-state index contributed by atoms with van der Waals surface area (Å²) in [7, 11) is 0. The molecule has 0 aliphatic carbocycles. The lowest BCUT2D eigenvalue weighted by Crippen LogP contribution is -2.39. The van der Waals surface area contributed by atoms with Crippen molar-refractivity contribution in [1.29, 1.82) is 0 Å². The van der Waals surface area contributed by atoms with E-state index in [-0.39, 0.29) is 30.7 Å². The Kier molecular flexibility index (Phi) is 6.75. The second kappa shape index (κ2) is 10.0. The fourth-order valence-electron chi connectivity index (χ4n) is 3.85. The zero-order valence-electron chi connectivity index (χ0n) is 17.5. The molecule has 7 heteroatoms. The van der Waals surface area contributed by atoms with Gasteiger partial charge in [-0.25, -0.2) is 4.39 Å². The molecule has 0 spiro atoms. The average Bonchev–Trinajstić information content (AvgIpc) is 3.01. The van der Waals surface area contributed by atoms with Crippen molar-refractivity contribution in [2.45, 2.75) is 6.42 Å². The molecule has 32 heavy (non-hydrogen) atoms. The third kappa shape index (κ3) is 5.11. The van der Waals surface area contributed by atoms with Crippen molar-refractivity contribution in [2.75, 3.05) is 26.2 Å². The van der Waals surface area contributed by atoms with Gasteiger partial charge in [0, 0.05) is 32.0 Å². The number of nitrogens with one attached hydrogen (secondary N) is 1. The molecule has 6 nitrogen and oxygen atoms in total. The van der Waals surface area contributed by atoms with Crippen LogP contribution in [0.4, 0.5) is 4.39 Å². The Morgan fingerprint density at radius 3 is 2.66 bits per heavy atom. The monoisotopic (exact) mass is 433 g/mol. The van der Waals surface area contributed by atoms with Crippen LogP contribution < -0.4 is 10.1 Å². The highest BCUT2D eigenvalue weighted by Crippen LogP contribution is 2.26. The van der Waals surface area contributed by atoms with Gasteiger partial charge in [0.1, 0.15) is 0 Å². The molecule has 164 valence electrons. The van der Waals surface area contributed by atoms with Gasteiger partial charge in [0.15, 0.2) is 18.2 Å². The summed E-state index contributed by atoms with van der Waals surface area (Å²) in [4.78, 5) is 31.2.